The lowest BCUT2D eigenvalue weighted by Crippen LogP contribution is -2.21. The molecule has 1 aromatic rings. The molecule has 0 radical (unpaired) electrons. The summed E-state index contributed by atoms with van der Waals surface area (Å²) in [5.41, 5.74) is 5.63. The number of pyridine rings is 1. The summed E-state index contributed by atoms with van der Waals surface area (Å²) >= 11 is 0. The zero-order valence-corrected chi connectivity index (χ0v) is 10.9. The van der Waals surface area contributed by atoms with Crippen LogP contribution in [-0.4, -0.2) is 43.2 Å². The summed E-state index contributed by atoms with van der Waals surface area (Å²) in [5.74, 6) is 1.75. The van der Waals surface area contributed by atoms with Crippen LogP contribution in [0.5, 0.6) is 11.5 Å². The lowest BCUT2D eigenvalue weighted by atomic mass is 10.4. The third-order valence-electron chi connectivity index (χ3n) is 3.15. The highest BCUT2D eigenvalue weighted by molar-refractivity contribution is 5.45. The molecule has 1 aromatic heterocycles. The Labute approximate surface area is 108 Å². The van der Waals surface area contributed by atoms with Crippen molar-refractivity contribution in [3.63, 3.8) is 0 Å². The van der Waals surface area contributed by atoms with Crippen LogP contribution < -0.4 is 15.2 Å². The minimum Gasteiger partial charge on any atom is -0.491 e. The van der Waals surface area contributed by atoms with Crippen LogP contribution in [-0.2, 0) is 0 Å². The third-order valence-corrected chi connectivity index (χ3v) is 3.15. The normalized spacial score (nSPS) is 15.8. The molecule has 0 aliphatic carbocycles. The topological polar surface area (TPSA) is 60.6 Å². The Morgan fingerprint density at radius 1 is 1.33 bits per heavy atom. The second-order valence-corrected chi connectivity index (χ2v) is 4.51. The molecular formula is C13H21N3O2. The highest BCUT2D eigenvalue weighted by Gasteiger charge is 2.11. The second-order valence-electron chi connectivity index (χ2n) is 4.51. The van der Waals surface area contributed by atoms with E-state index < -0.39 is 0 Å². The molecule has 1 fully saturated rings. The van der Waals surface area contributed by atoms with Crippen molar-refractivity contribution in [1.82, 2.24) is 9.88 Å². The molecule has 0 aromatic carbocycles. The number of likely N-dealkylation sites (tertiary alicyclic amines) is 1. The van der Waals surface area contributed by atoms with Gasteiger partial charge in [0.15, 0.2) is 11.5 Å². The van der Waals surface area contributed by atoms with Crippen molar-refractivity contribution in [3.8, 4) is 11.5 Å². The minimum atomic E-state index is 0.449. The van der Waals surface area contributed by atoms with E-state index in [-0.39, 0.29) is 0 Å². The maximum atomic E-state index is 5.70. The van der Waals surface area contributed by atoms with E-state index in [0.29, 0.717) is 23.9 Å². The Morgan fingerprint density at radius 2 is 2.11 bits per heavy atom. The van der Waals surface area contributed by atoms with Crippen molar-refractivity contribution < 1.29 is 9.47 Å². The van der Waals surface area contributed by atoms with Gasteiger partial charge in [0, 0.05) is 12.6 Å². The Morgan fingerprint density at radius 3 is 2.83 bits per heavy atom. The summed E-state index contributed by atoms with van der Waals surface area (Å²) in [6.45, 7) is 4.23. The predicted octanol–water partition coefficient (Wildman–Crippen LogP) is 1.54. The first-order valence-electron chi connectivity index (χ1n) is 6.44. The van der Waals surface area contributed by atoms with Gasteiger partial charge in [-0.15, -0.1) is 0 Å². The van der Waals surface area contributed by atoms with Gasteiger partial charge in [-0.25, -0.2) is 4.98 Å². The van der Waals surface area contributed by atoms with Crippen molar-refractivity contribution in [3.05, 3.63) is 12.3 Å². The Bertz CT molecular complexity index is 378. The molecule has 100 valence electrons. The molecule has 1 saturated heterocycles. The quantitative estimate of drug-likeness (QED) is 0.777. The van der Waals surface area contributed by atoms with Crippen LogP contribution in [0.3, 0.4) is 0 Å². The van der Waals surface area contributed by atoms with Crippen molar-refractivity contribution in [2.24, 2.45) is 0 Å². The zero-order chi connectivity index (χ0) is 12.8. The summed E-state index contributed by atoms with van der Waals surface area (Å²) in [5, 5.41) is 0. The van der Waals surface area contributed by atoms with E-state index in [0.717, 1.165) is 13.0 Å². The number of aromatic nitrogens is 1. The van der Waals surface area contributed by atoms with E-state index in [4.69, 9.17) is 15.2 Å². The van der Waals surface area contributed by atoms with Gasteiger partial charge in [0.1, 0.15) is 5.82 Å². The molecule has 5 heteroatoms. The molecule has 2 heterocycles. The van der Waals surface area contributed by atoms with Crippen molar-refractivity contribution in [2.75, 3.05) is 39.1 Å². The molecule has 1 aliphatic rings. The number of hydrogen-bond donors (Lipinski definition) is 1. The van der Waals surface area contributed by atoms with Crippen molar-refractivity contribution >= 4 is 5.82 Å². The summed E-state index contributed by atoms with van der Waals surface area (Å²) < 4.78 is 10.9. The van der Waals surface area contributed by atoms with Crippen molar-refractivity contribution in [2.45, 2.75) is 19.3 Å². The van der Waals surface area contributed by atoms with Gasteiger partial charge >= 0.3 is 0 Å². The van der Waals surface area contributed by atoms with Crippen LogP contribution in [0.2, 0.25) is 0 Å². The smallest absolute Gasteiger partial charge is 0.179 e. The second kappa shape index (κ2) is 6.44. The molecule has 5 nitrogen and oxygen atoms in total. The van der Waals surface area contributed by atoms with E-state index in [1.165, 1.54) is 25.9 Å². The van der Waals surface area contributed by atoms with E-state index in [1.54, 1.807) is 19.4 Å². The molecule has 0 bridgehead atoms. The minimum absolute atomic E-state index is 0.449. The van der Waals surface area contributed by atoms with E-state index in [1.807, 2.05) is 0 Å². The molecule has 0 spiro atoms. The first kappa shape index (κ1) is 13.0. The zero-order valence-electron chi connectivity index (χ0n) is 10.9. The van der Waals surface area contributed by atoms with Gasteiger partial charge < -0.3 is 20.1 Å². The number of anilines is 1. The Balaban J connectivity index is 1.76. The van der Waals surface area contributed by atoms with Crippen LogP contribution in [0.15, 0.2) is 12.3 Å². The maximum absolute atomic E-state index is 5.70. The summed E-state index contributed by atoms with van der Waals surface area (Å²) in [7, 11) is 1.60. The molecule has 1 aliphatic heterocycles. The van der Waals surface area contributed by atoms with Gasteiger partial charge in [0.2, 0.25) is 0 Å². The third kappa shape index (κ3) is 3.50. The number of rotatable bonds is 6. The lowest BCUT2D eigenvalue weighted by Gasteiger charge is -2.15. The van der Waals surface area contributed by atoms with Gasteiger partial charge in [0.05, 0.1) is 19.9 Å². The van der Waals surface area contributed by atoms with Crippen LogP contribution in [0, 0.1) is 0 Å². The molecule has 0 unspecified atom stereocenters. The Kier molecular flexibility index (Phi) is 4.64. The van der Waals surface area contributed by atoms with Gasteiger partial charge in [-0.05, 0) is 32.4 Å². The highest BCUT2D eigenvalue weighted by atomic mass is 16.5. The standard InChI is InChI=1S/C13H21N3O2/c1-17-12-10-15-13(14)9-11(12)18-8-4-7-16-5-2-3-6-16/h9-10H,2-8H2,1H3,(H2,14,15). The summed E-state index contributed by atoms with van der Waals surface area (Å²) in [4.78, 5) is 6.44. The average molecular weight is 251 g/mol. The van der Waals surface area contributed by atoms with Crippen LogP contribution in [0.25, 0.3) is 0 Å². The fourth-order valence-corrected chi connectivity index (χ4v) is 2.18. The number of nitrogen functional groups attached to an aromatic ring is 1. The monoisotopic (exact) mass is 251 g/mol. The number of hydrogen-bond acceptors (Lipinski definition) is 5. The molecule has 0 atom stereocenters. The largest absolute Gasteiger partial charge is 0.491 e. The number of ether oxygens (including phenoxy) is 2. The summed E-state index contributed by atoms with van der Waals surface area (Å²) in [6, 6.07) is 1.70. The molecule has 2 rings (SSSR count). The van der Waals surface area contributed by atoms with E-state index >= 15 is 0 Å². The van der Waals surface area contributed by atoms with Crippen molar-refractivity contribution in [1.29, 1.82) is 0 Å². The molecular weight excluding hydrogens is 230 g/mol. The lowest BCUT2D eigenvalue weighted by molar-refractivity contribution is 0.254. The molecule has 0 amide bonds. The maximum Gasteiger partial charge on any atom is 0.179 e. The van der Waals surface area contributed by atoms with E-state index in [9.17, 15) is 0 Å². The van der Waals surface area contributed by atoms with E-state index in [2.05, 4.69) is 9.88 Å². The number of nitrogens with zero attached hydrogens (tertiary/aromatic N) is 2. The van der Waals surface area contributed by atoms with Crippen LogP contribution in [0.4, 0.5) is 5.82 Å². The van der Waals surface area contributed by atoms with Crippen LogP contribution >= 0.6 is 0 Å². The Hall–Kier alpha value is -1.49. The van der Waals surface area contributed by atoms with Gasteiger partial charge in [-0.3, -0.25) is 0 Å². The molecule has 2 N–H and O–H groups in total. The highest BCUT2D eigenvalue weighted by Crippen LogP contribution is 2.27. The predicted molar refractivity (Wildman–Crippen MR) is 71.0 cm³/mol. The molecule has 0 saturated carbocycles. The number of nitrogens with two attached hydrogens (primary N) is 1. The first-order chi connectivity index (χ1) is 8.79. The van der Waals surface area contributed by atoms with Crippen LogP contribution in [0.1, 0.15) is 19.3 Å². The fourth-order valence-electron chi connectivity index (χ4n) is 2.18. The fraction of sp³-hybridized carbons (Fsp3) is 0.615. The van der Waals surface area contributed by atoms with Gasteiger partial charge in [0.25, 0.3) is 0 Å². The average Bonchev–Trinajstić information content (AvgIpc) is 2.88. The molecule has 18 heavy (non-hydrogen) atoms. The summed E-state index contributed by atoms with van der Waals surface area (Å²) in [6.07, 6.45) is 5.27. The van der Waals surface area contributed by atoms with Gasteiger partial charge in [-0.2, -0.15) is 0 Å². The first-order valence-corrected chi connectivity index (χ1v) is 6.44. The SMILES string of the molecule is COc1cnc(N)cc1OCCCN1CCCC1. The number of methoxy groups -OCH3 is 1. The van der Waals surface area contributed by atoms with Gasteiger partial charge in [-0.1, -0.05) is 0 Å².